The minimum absolute atomic E-state index is 0.182. The van der Waals surface area contributed by atoms with E-state index >= 15 is 0 Å². The molecule has 0 fully saturated rings. The number of carbonyl (C=O) groups excluding carboxylic acids is 1. The molecule has 2 aromatic rings. The normalized spacial score (nSPS) is 10.5. The summed E-state index contributed by atoms with van der Waals surface area (Å²) < 4.78 is 26.5. The lowest BCUT2D eigenvalue weighted by Crippen LogP contribution is -2.07. The van der Waals surface area contributed by atoms with Crippen molar-refractivity contribution < 1.29 is 13.6 Å². The molecule has 98 valence electrons. The van der Waals surface area contributed by atoms with Gasteiger partial charge in [-0.15, -0.1) is 0 Å². The molecule has 0 spiro atoms. The number of Topliss-reactive ketones (excluding diaryl/α,β-unsaturated/α-hetero) is 1. The van der Waals surface area contributed by atoms with Crippen LogP contribution >= 0.6 is 23.2 Å². The number of rotatable bonds is 3. The molecular formula is C14H8Cl2F2O. The average Bonchev–Trinajstić information content (AvgIpc) is 2.37. The molecule has 2 aromatic carbocycles. The van der Waals surface area contributed by atoms with Crippen molar-refractivity contribution >= 4 is 29.0 Å². The van der Waals surface area contributed by atoms with Gasteiger partial charge in [0, 0.05) is 16.5 Å². The first-order chi connectivity index (χ1) is 8.99. The molecule has 0 aliphatic heterocycles. The summed E-state index contributed by atoms with van der Waals surface area (Å²) in [6, 6.07) is 7.53. The first kappa shape index (κ1) is 14.0. The van der Waals surface area contributed by atoms with Crippen molar-refractivity contribution in [2.45, 2.75) is 6.42 Å². The summed E-state index contributed by atoms with van der Waals surface area (Å²) in [7, 11) is 0. The molecule has 0 aromatic heterocycles. The van der Waals surface area contributed by atoms with Gasteiger partial charge in [-0.1, -0.05) is 29.3 Å². The van der Waals surface area contributed by atoms with Crippen molar-refractivity contribution in [2.75, 3.05) is 0 Å². The second kappa shape index (κ2) is 5.68. The van der Waals surface area contributed by atoms with Crippen molar-refractivity contribution in [1.82, 2.24) is 0 Å². The lowest BCUT2D eigenvalue weighted by molar-refractivity contribution is 0.0988. The topological polar surface area (TPSA) is 17.1 Å². The molecule has 0 bridgehead atoms. The monoisotopic (exact) mass is 300 g/mol. The van der Waals surface area contributed by atoms with E-state index in [1.54, 1.807) is 18.2 Å². The second-order valence-electron chi connectivity index (χ2n) is 3.92. The smallest absolute Gasteiger partial charge is 0.170 e. The average molecular weight is 301 g/mol. The van der Waals surface area contributed by atoms with Gasteiger partial charge < -0.3 is 0 Å². The van der Waals surface area contributed by atoms with Crippen LogP contribution in [0.5, 0.6) is 0 Å². The number of ketones is 1. The Bertz CT molecular complexity index is 621. The van der Waals surface area contributed by atoms with Gasteiger partial charge in [-0.05, 0) is 35.9 Å². The third kappa shape index (κ3) is 3.11. The lowest BCUT2D eigenvalue weighted by Gasteiger charge is -2.07. The van der Waals surface area contributed by atoms with Gasteiger partial charge in [-0.25, -0.2) is 8.78 Å². The zero-order valence-electron chi connectivity index (χ0n) is 9.59. The van der Waals surface area contributed by atoms with Crippen LogP contribution in [0.1, 0.15) is 15.9 Å². The number of hydrogen-bond acceptors (Lipinski definition) is 1. The Morgan fingerprint density at radius 1 is 1.05 bits per heavy atom. The molecule has 0 saturated carbocycles. The van der Waals surface area contributed by atoms with Gasteiger partial charge in [0.1, 0.15) is 11.6 Å². The highest BCUT2D eigenvalue weighted by atomic mass is 35.5. The van der Waals surface area contributed by atoms with Gasteiger partial charge in [0.15, 0.2) is 5.78 Å². The van der Waals surface area contributed by atoms with Crippen molar-refractivity contribution in [3.05, 3.63) is 69.2 Å². The summed E-state index contributed by atoms with van der Waals surface area (Å²) in [5.74, 6) is -2.02. The highest BCUT2D eigenvalue weighted by Gasteiger charge is 2.16. The molecule has 19 heavy (non-hydrogen) atoms. The summed E-state index contributed by atoms with van der Waals surface area (Å²) in [6.45, 7) is 0. The molecule has 0 N–H and O–H groups in total. The SMILES string of the molecule is O=C(Cc1c(Cl)cccc1Cl)c1cc(F)ccc1F. The van der Waals surface area contributed by atoms with Gasteiger partial charge in [0.25, 0.3) is 0 Å². The number of halogens is 4. The molecule has 0 atom stereocenters. The van der Waals surface area contributed by atoms with E-state index in [-0.39, 0.29) is 12.0 Å². The minimum Gasteiger partial charge on any atom is -0.294 e. The van der Waals surface area contributed by atoms with Crippen LogP contribution < -0.4 is 0 Å². The molecule has 0 unspecified atom stereocenters. The largest absolute Gasteiger partial charge is 0.294 e. The maximum atomic E-state index is 13.5. The highest BCUT2D eigenvalue weighted by Crippen LogP contribution is 2.26. The van der Waals surface area contributed by atoms with E-state index in [4.69, 9.17) is 23.2 Å². The molecular weight excluding hydrogens is 293 g/mol. The van der Waals surface area contributed by atoms with Gasteiger partial charge in [0.05, 0.1) is 5.56 Å². The van der Waals surface area contributed by atoms with E-state index in [1.165, 1.54) is 0 Å². The fourth-order valence-electron chi connectivity index (χ4n) is 1.67. The van der Waals surface area contributed by atoms with Gasteiger partial charge in [-0.2, -0.15) is 0 Å². The Balaban J connectivity index is 2.34. The summed E-state index contributed by atoms with van der Waals surface area (Å²) in [4.78, 5) is 12.0. The molecule has 5 heteroatoms. The molecule has 0 heterocycles. The first-order valence-corrected chi connectivity index (χ1v) is 6.16. The van der Waals surface area contributed by atoms with E-state index < -0.39 is 17.4 Å². The maximum Gasteiger partial charge on any atom is 0.170 e. The van der Waals surface area contributed by atoms with Crippen molar-refractivity contribution in [3.8, 4) is 0 Å². The minimum atomic E-state index is -0.769. The Labute approximate surface area is 118 Å². The second-order valence-corrected chi connectivity index (χ2v) is 4.74. The highest BCUT2D eigenvalue weighted by molar-refractivity contribution is 6.36. The van der Waals surface area contributed by atoms with Crippen LogP contribution in [0, 0.1) is 11.6 Å². The molecule has 0 aliphatic carbocycles. The van der Waals surface area contributed by atoms with Crippen LogP contribution in [0.4, 0.5) is 8.78 Å². The first-order valence-electron chi connectivity index (χ1n) is 5.40. The zero-order chi connectivity index (χ0) is 14.0. The number of benzene rings is 2. The quantitative estimate of drug-likeness (QED) is 0.751. The summed E-state index contributed by atoms with van der Waals surface area (Å²) in [5, 5.41) is 0.635. The van der Waals surface area contributed by atoms with E-state index in [9.17, 15) is 13.6 Å². The van der Waals surface area contributed by atoms with Crippen molar-refractivity contribution in [2.24, 2.45) is 0 Å². The Morgan fingerprint density at radius 3 is 2.32 bits per heavy atom. The predicted molar refractivity (Wildman–Crippen MR) is 70.9 cm³/mol. The predicted octanol–water partition coefficient (Wildman–Crippen LogP) is 4.70. The molecule has 1 nitrogen and oxygen atoms in total. The van der Waals surface area contributed by atoms with Crippen LogP contribution in [-0.2, 0) is 6.42 Å². The van der Waals surface area contributed by atoms with E-state index in [0.717, 1.165) is 18.2 Å². The number of hydrogen-bond donors (Lipinski definition) is 0. The van der Waals surface area contributed by atoms with Gasteiger partial charge >= 0.3 is 0 Å². The van der Waals surface area contributed by atoms with Crippen LogP contribution in [0.2, 0.25) is 10.0 Å². The zero-order valence-corrected chi connectivity index (χ0v) is 11.1. The van der Waals surface area contributed by atoms with E-state index in [1.807, 2.05) is 0 Å². The van der Waals surface area contributed by atoms with Crippen molar-refractivity contribution in [3.63, 3.8) is 0 Å². The van der Waals surface area contributed by atoms with Crippen LogP contribution in [0.3, 0.4) is 0 Å². The molecule has 0 radical (unpaired) electrons. The molecule has 2 rings (SSSR count). The molecule has 0 amide bonds. The number of carbonyl (C=O) groups is 1. The van der Waals surface area contributed by atoms with Crippen LogP contribution in [0.15, 0.2) is 36.4 Å². The van der Waals surface area contributed by atoms with Crippen LogP contribution in [-0.4, -0.2) is 5.78 Å². The van der Waals surface area contributed by atoms with Gasteiger partial charge in [0.2, 0.25) is 0 Å². The summed E-state index contributed by atoms with van der Waals surface area (Å²) >= 11 is 11.9. The molecule has 0 aliphatic rings. The van der Waals surface area contributed by atoms with E-state index in [2.05, 4.69) is 0 Å². The summed E-state index contributed by atoms with van der Waals surface area (Å²) in [5.41, 5.74) is 0.0930. The van der Waals surface area contributed by atoms with Crippen LogP contribution in [0.25, 0.3) is 0 Å². The molecule has 0 saturated heterocycles. The summed E-state index contributed by atoms with van der Waals surface area (Å²) in [6.07, 6.45) is -0.182. The third-order valence-electron chi connectivity index (χ3n) is 2.63. The Kier molecular flexibility index (Phi) is 4.17. The van der Waals surface area contributed by atoms with Crippen molar-refractivity contribution in [1.29, 1.82) is 0 Å². The fourth-order valence-corrected chi connectivity index (χ4v) is 2.20. The fraction of sp³-hybridized carbons (Fsp3) is 0.0714. The Morgan fingerprint density at radius 2 is 1.68 bits per heavy atom. The van der Waals surface area contributed by atoms with Gasteiger partial charge in [-0.3, -0.25) is 4.79 Å². The Hall–Kier alpha value is -1.45. The third-order valence-corrected chi connectivity index (χ3v) is 3.34. The maximum absolute atomic E-state index is 13.5. The standard InChI is InChI=1S/C14H8Cl2F2O/c15-11-2-1-3-12(16)9(11)7-14(19)10-6-8(17)4-5-13(10)18/h1-6H,7H2. The van der Waals surface area contributed by atoms with E-state index in [0.29, 0.717) is 15.6 Å². The lowest BCUT2D eigenvalue weighted by atomic mass is 10.0.